The highest BCUT2D eigenvalue weighted by Crippen LogP contribution is 2.07. The minimum atomic E-state index is 1.17. The van der Waals surface area contributed by atoms with Gasteiger partial charge in [0.1, 0.15) is 0 Å². The number of hydrogen-bond donors (Lipinski definition) is 0. The summed E-state index contributed by atoms with van der Waals surface area (Å²) in [6.07, 6.45) is 5.16. The first kappa shape index (κ1) is 13.2. The van der Waals surface area contributed by atoms with Crippen LogP contribution >= 0.6 is 0 Å². The van der Waals surface area contributed by atoms with Gasteiger partial charge in [-0.2, -0.15) is 0 Å². The molecule has 0 unspecified atom stereocenters. The van der Waals surface area contributed by atoms with Crippen molar-refractivity contribution in [1.82, 2.24) is 0 Å². The quantitative estimate of drug-likeness (QED) is 0.487. The van der Waals surface area contributed by atoms with Gasteiger partial charge in [-0.05, 0) is 31.2 Å². The second kappa shape index (κ2) is 6.70. The molecule has 0 bridgehead atoms. The van der Waals surface area contributed by atoms with E-state index in [9.17, 15) is 0 Å². The number of hydrogen-bond acceptors (Lipinski definition) is 0. The zero-order valence-electron chi connectivity index (χ0n) is 11.1. The number of rotatable bonds is 7. The van der Waals surface area contributed by atoms with Crippen molar-refractivity contribution in [3.63, 3.8) is 0 Å². The Morgan fingerprint density at radius 1 is 0.938 bits per heavy atom. The maximum absolute atomic E-state index is 2.34. The van der Waals surface area contributed by atoms with Gasteiger partial charge in [0.05, 0.1) is 27.2 Å². The van der Waals surface area contributed by atoms with Gasteiger partial charge in [-0.1, -0.05) is 37.3 Å². The zero-order chi connectivity index (χ0) is 11.9. The third-order valence-electron chi connectivity index (χ3n) is 3.15. The van der Waals surface area contributed by atoms with E-state index in [0.717, 1.165) is 0 Å². The zero-order valence-corrected chi connectivity index (χ0v) is 11.1. The fourth-order valence-electron chi connectivity index (χ4n) is 2.23. The fraction of sp³-hybridized carbons (Fsp3) is 0.600. The molecule has 0 radical (unpaired) electrons. The Kier molecular flexibility index (Phi) is 5.54. The lowest BCUT2D eigenvalue weighted by Crippen LogP contribution is -2.40. The molecule has 0 atom stereocenters. The predicted octanol–water partition coefficient (Wildman–Crippen LogP) is 3.50. The molecule has 1 aromatic carbocycles. The largest absolute Gasteiger partial charge is 0.328 e. The van der Waals surface area contributed by atoms with Crippen molar-refractivity contribution in [1.29, 1.82) is 0 Å². The van der Waals surface area contributed by atoms with E-state index in [-0.39, 0.29) is 0 Å². The van der Waals surface area contributed by atoms with E-state index >= 15 is 0 Å². The Morgan fingerprint density at radius 2 is 1.62 bits per heavy atom. The van der Waals surface area contributed by atoms with Crippen molar-refractivity contribution < 1.29 is 4.48 Å². The molecule has 0 aliphatic heterocycles. The van der Waals surface area contributed by atoms with Crippen LogP contribution in [0.1, 0.15) is 31.7 Å². The molecule has 0 aliphatic rings. The molecule has 0 N–H and O–H groups in total. The van der Waals surface area contributed by atoms with Crippen LogP contribution in [0.4, 0.5) is 0 Å². The maximum atomic E-state index is 2.34. The molecule has 0 spiro atoms. The van der Waals surface area contributed by atoms with Crippen LogP contribution < -0.4 is 0 Å². The average Bonchev–Trinajstić information content (AvgIpc) is 2.26. The summed E-state index contributed by atoms with van der Waals surface area (Å²) < 4.78 is 1.17. The lowest BCUT2D eigenvalue weighted by Gasteiger charge is -2.29. The molecule has 0 saturated carbocycles. The first-order valence-corrected chi connectivity index (χ1v) is 6.50. The summed E-state index contributed by atoms with van der Waals surface area (Å²) >= 11 is 0. The van der Waals surface area contributed by atoms with Gasteiger partial charge in [-0.3, -0.25) is 0 Å². The number of benzene rings is 1. The highest BCUT2D eigenvalue weighted by atomic mass is 15.3. The number of nitrogens with zero attached hydrogens (tertiary/aromatic N) is 1. The van der Waals surface area contributed by atoms with Crippen LogP contribution in [0.3, 0.4) is 0 Å². The highest BCUT2D eigenvalue weighted by molar-refractivity contribution is 5.14. The summed E-state index contributed by atoms with van der Waals surface area (Å²) in [7, 11) is 4.68. The molecule has 1 rings (SSSR count). The molecule has 1 nitrogen and oxygen atoms in total. The molecule has 0 amide bonds. The van der Waals surface area contributed by atoms with Gasteiger partial charge in [0.15, 0.2) is 0 Å². The molecule has 90 valence electrons. The number of quaternary nitrogens is 1. The molecule has 0 heterocycles. The Morgan fingerprint density at radius 3 is 2.25 bits per heavy atom. The summed E-state index contributed by atoms with van der Waals surface area (Å²) in [4.78, 5) is 0. The number of aryl methyl sites for hydroxylation is 1. The fourth-order valence-corrected chi connectivity index (χ4v) is 2.23. The first-order valence-electron chi connectivity index (χ1n) is 6.50. The minimum Gasteiger partial charge on any atom is -0.328 e. The Hall–Kier alpha value is -0.820. The normalized spacial score (nSPS) is 11.7. The maximum Gasteiger partial charge on any atom is 0.0782 e. The van der Waals surface area contributed by atoms with Crippen LogP contribution in [0.2, 0.25) is 0 Å². The summed E-state index contributed by atoms with van der Waals surface area (Å²) in [6, 6.07) is 10.8. The van der Waals surface area contributed by atoms with Crippen molar-refractivity contribution in [3.05, 3.63) is 35.9 Å². The van der Waals surface area contributed by atoms with E-state index in [2.05, 4.69) is 51.4 Å². The lowest BCUT2D eigenvalue weighted by molar-refractivity contribution is -0.890. The molecule has 0 fully saturated rings. The minimum absolute atomic E-state index is 1.17. The molecular weight excluding hydrogens is 194 g/mol. The second-order valence-electron chi connectivity index (χ2n) is 5.33. The van der Waals surface area contributed by atoms with Crippen LogP contribution in [-0.2, 0) is 6.42 Å². The van der Waals surface area contributed by atoms with Crippen LogP contribution in [0.25, 0.3) is 0 Å². The van der Waals surface area contributed by atoms with Gasteiger partial charge in [0.25, 0.3) is 0 Å². The predicted molar refractivity (Wildman–Crippen MR) is 71.5 cm³/mol. The molecular formula is C15H26N+. The standard InChI is InChI=1S/C15H26N/c1-4-13-16(2,3)14-9-8-12-15-10-6-5-7-11-15/h5-7,10-11H,4,8-9,12-14H2,1-3H3/q+1. The monoisotopic (exact) mass is 220 g/mol. The van der Waals surface area contributed by atoms with Gasteiger partial charge in [0, 0.05) is 0 Å². The molecule has 16 heavy (non-hydrogen) atoms. The van der Waals surface area contributed by atoms with Crippen molar-refractivity contribution in [2.75, 3.05) is 27.2 Å². The molecule has 0 aliphatic carbocycles. The van der Waals surface area contributed by atoms with Crippen molar-refractivity contribution in [2.24, 2.45) is 0 Å². The van der Waals surface area contributed by atoms with Crippen LogP contribution in [0.5, 0.6) is 0 Å². The third-order valence-corrected chi connectivity index (χ3v) is 3.15. The molecule has 0 aromatic heterocycles. The third kappa shape index (κ3) is 5.32. The second-order valence-corrected chi connectivity index (χ2v) is 5.33. The van der Waals surface area contributed by atoms with Crippen molar-refractivity contribution in [2.45, 2.75) is 32.6 Å². The number of unbranched alkanes of at least 4 members (excludes halogenated alkanes) is 1. The van der Waals surface area contributed by atoms with E-state index in [0.29, 0.717) is 0 Å². The van der Waals surface area contributed by atoms with Gasteiger partial charge in [0.2, 0.25) is 0 Å². The van der Waals surface area contributed by atoms with Gasteiger partial charge in [-0.25, -0.2) is 0 Å². The highest BCUT2D eigenvalue weighted by Gasteiger charge is 2.11. The van der Waals surface area contributed by atoms with E-state index in [1.54, 1.807) is 0 Å². The summed E-state index contributed by atoms with van der Waals surface area (Å²) in [5, 5.41) is 0. The topological polar surface area (TPSA) is 0 Å². The lowest BCUT2D eigenvalue weighted by atomic mass is 10.1. The van der Waals surface area contributed by atoms with E-state index in [1.165, 1.54) is 48.8 Å². The molecule has 0 saturated heterocycles. The van der Waals surface area contributed by atoms with Crippen molar-refractivity contribution >= 4 is 0 Å². The first-order chi connectivity index (χ1) is 7.64. The van der Waals surface area contributed by atoms with Gasteiger partial charge < -0.3 is 4.48 Å². The van der Waals surface area contributed by atoms with Gasteiger partial charge >= 0.3 is 0 Å². The Labute approximate surface area is 101 Å². The summed E-state index contributed by atoms with van der Waals surface area (Å²) in [5.41, 5.74) is 1.48. The Balaban J connectivity index is 2.17. The van der Waals surface area contributed by atoms with Crippen LogP contribution in [0.15, 0.2) is 30.3 Å². The van der Waals surface area contributed by atoms with Crippen molar-refractivity contribution in [3.8, 4) is 0 Å². The molecule has 1 aromatic rings. The van der Waals surface area contributed by atoms with Gasteiger partial charge in [-0.15, -0.1) is 0 Å². The van der Waals surface area contributed by atoms with E-state index < -0.39 is 0 Å². The summed E-state index contributed by atoms with van der Waals surface area (Å²) in [6.45, 7) is 4.87. The van der Waals surface area contributed by atoms with E-state index in [1.807, 2.05) is 0 Å². The SMILES string of the molecule is CCC[N+](C)(C)CCCCc1ccccc1. The average molecular weight is 220 g/mol. The smallest absolute Gasteiger partial charge is 0.0782 e. The summed E-state index contributed by atoms with van der Waals surface area (Å²) in [5.74, 6) is 0. The van der Waals surface area contributed by atoms with Crippen LogP contribution in [-0.4, -0.2) is 31.7 Å². The van der Waals surface area contributed by atoms with E-state index in [4.69, 9.17) is 0 Å². The molecule has 1 heteroatoms. The Bertz CT molecular complexity index is 277. The van der Waals surface area contributed by atoms with Crippen LogP contribution in [0, 0.1) is 0 Å².